The van der Waals surface area contributed by atoms with Gasteiger partial charge in [-0.25, -0.2) is 0 Å². The van der Waals surface area contributed by atoms with Crippen LogP contribution in [0.5, 0.6) is 0 Å². The van der Waals surface area contributed by atoms with E-state index in [9.17, 15) is 4.79 Å². The summed E-state index contributed by atoms with van der Waals surface area (Å²) >= 11 is 3.40. The average Bonchev–Trinajstić information content (AvgIpc) is 2.46. The van der Waals surface area contributed by atoms with Crippen molar-refractivity contribution in [2.24, 2.45) is 5.41 Å². The van der Waals surface area contributed by atoms with Gasteiger partial charge < -0.3 is 10.1 Å². The van der Waals surface area contributed by atoms with Crippen LogP contribution < -0.4 is 5.32 Å². The minimum atomic E-state index is 0.00818. The Bertz CT molecular complexity index is 424. The molecule has 2 rings (SSSR count). The summed E-state index contributed by atoms with van der Waals surface area (Å²) in [7, 11) is 0. The zero-order valence-corrected chi connectivity index (χ0v) is 12.8. The number of alkyl halides is 1. The largest absolute Gasteiger partial charge is 0.381 e. The molecule has 0 atom stereocenters. The van der Waals surface area contributed by atoms with Gasteiger partial charge in [-0.15, -0.1) is 0 Å². The lowest BCUT2D eigenvalue weighted by atomic mass is 9.82. The Hall–Kier alpha value is -0.870. The highest BCUT2D eigenvalue weighted by molar-refractivity contribution is 9.08. The molecule has 0 bridgehead atoms. The maximum absolute atomic E-state index is 12.1. The van der Waals surface area contributed by atoms with E-state index in [0.717, 1.165) is 43.5 Å². The van der Waals surface area contributed by atoms with Crippen LogP contribution in [0.3, 0.4) is 0 Å². The summed E-state index contributed by atoms with van der Waals surface area (Å²) in [6.07, 6.45) is 2.02. The van der Waals surface area contributed by atoms with E-state index in [4.69, 9.17) is 4.74 Å². The lowest BCUT2D eigenvalue weighted by Gasteiger charge is -2.33. The van der Waals surface area contributed by atoms with E-state index in [-0.39, 0.29) is 11.3 Å². The molecule has 1 fully saturated rings. The van der Waals surface area contributed by atoms with Gasteiger partial charge in [0.05, 0.1) is 0 Å². The third-order valence-corrected chi connectivity index (χ3v) is 4.39. The number of amides is 1. The summed E-state index contributed by atoms with van der Waals surface area (Å²) in [5.74, 6) is 0.00818. The van der Waals surface area contributed by atoms with Gasteiger partial charge in [0.1, 0.15) is 0 Å². The fourth-order valence-corrected chi connectivity index (χ4v) is 2.56. The molecule has 1 aliphatic heterocycles. The molecule has 0 unspecified atom stereocenters. The zero-order valence-electron chi connectivity index (χ0n) is 11.2. The highest BCUT2D eigenvalue weighted by Gasteiger charge is 2.27. The summed E-state index contributed by atoms with van der Waals surface area (Å²) in [6, 6.07) is 7.69. The number of hydrogen-bond acceptors (Lipinski definition) is 2. The van der Waals surface area contributed by atoms with Crippen molar-refractivity contribution >= 4 is 21.8 Å². The maximum Gasteiger partial charge on any atom is 0.251 e. The molecule has 0 spiro atoms. The quantitative estimate of drug-likeness (QED) is 0.864. The molecule has 0 saturated carbocycles. The van der Waals surface area contributed by atoms with Crippen LogP contribution in [0.2, 0.25) is 0 Å². The molecule has 1 aromatic rings. The van der Waals surface area contributed by atoms with E-state index in [1.807, 2.05) is 24.3 Å². The second kappa shape index (κ2) is 6.53. The standard InChI is InChI=1S/C15H20BrNO2/c1-15(6-8-19-9-7-15)11-17-14(18)13-4-2-12(10-16)3-5-13/h2-5H,6-11H2,1H3,(H,17,18). The van der Waals surface area contributed by atoms with Crippen molar-refractivity contribution in [2.45, 2.75) is 25.1 Å². The van der Waals surface area contributed by atoms with Crippen molar-refractivity contribution in [3.8, 4) is 0 Å². The van der Waals surface area contributed by atoms with Gasteiger partial charge in [0.15, 0.2) is 0 Å². The lowest BCUT2D eigenvalue weighted by Crippen LogP contribution is -2.39. The first-order valence-corrected chi connectivity index (χ1v) is 7.76. The van der Waals surface area contributed by atoms with Gasteiger partial charge in [0.2, 0.25) is 0 Å². The van der Waals surface area contributed by atoms with Gasteiger partial charge in [-0.05, 0) is 36.0 Å². The summed E-state index contributed by atoms with van der Waals surface area (Å²) in [5, 5.41) is 3.85. The molecule has 1 N–H and O–H groups in total. The number of ether oxygens (including phenoxy) is 1. The predicted octanol–water partition coefficient (Wildman–Crippen LogP) is 3.13. The van der Waals surface area contributed by atoms with Crippen LogP contribution in [0.4, 0.5) is 0 Å². The molecule has 1 aromatic carbocycles. The van der Waals surface area contributed by atoms with Crippen molar-refractivity contribution in [1.29, 1.82) is 0 Å². The monoisotopic (exact) mass is 325 g/mol. The van der Waals surface area contributed by atoms with E-state index in [1.54, 1.807) is 0 Å². The smallest absolute Gasteiger partial charge is 0.251 e. The number of carbonyl (C=O) groups is 1. The topological polar surface area (TPSA) is 38.3 Å². The molecule has 3 nitrogen and oxygen atoms in total. The molecule has 0 aliphatic carbocycles. The van der Waals surface area contributed by atoms with Crippen LogP contribution in [0.15, 0.2) is 24.3 Å². The first kappa shape index (κ1) is 14.5. The Balaban J connectivity index is 1.89. The van der Waals surface area contributed by atoms with Crippen LogP contribution in [0.25, 0.3) is 0 Å². The Morgan fingerprint density at radius 2 is 1.95 bits per heavy atom. The highest BCUT2D eigenvalue weighted by atomic mass is 79.9. The normalized spacial score (nSPS) is 18.0. The molecule has 1 heterocycles. The minimum Gasteiger partial charge on any atom is -0.381 e. The average molecular weight is 326 g/mol. The van der Waals surface area contributed by atoms with E-state index in [1.165, 1.54) is 5.56 Å². The Morgan fingerprint density at radius 1 is 1.32 bits per heavy atom. The number of carbonyl (C=O) groups excluding carboxylic acids is 1. The van der Waals surface area contributed by atoms with Crippen molar-refractivity contribution < 1.29 is 9.53 Å². The fraction of sp³-hybridized carbons (Fsp3) is 0.533. The van der Waals surface area contributed by atoms with Crippen molar-refractivity contribution in [2.75, 3.05) is 19.8 Å². The number of nitrogens with one attached hydrogen (secondary N) is 1. The second-order valence-corrected chi connectivity index (χ2v) is 6.00. The molecule has 1 aliphatic rings. The lowest BCUT2D eigenvalue weighted by molar-refractivity contribution is 0.0238. The summed E-state index contributed by atoms with van der Waals surface area (Å²) in [5.41, 5.74) is 2.07. The number of halogens is 1. The van der Waals surface area contributed by atoms with Crippen LogP contribution in [-0.4, -0.2) is 25.7 Å². The highest BCUT2D eigenvalue weighted by Crippen LogP contribution is 2.28. The van der Waals surface area contributed by atoms with Gasteiger partial charge in [-0.3, -0.25) is 4.79 Å². The molecular weight excluding hydrogens is 306 g/mol. The summed E-state index contributed by atoms with van der Waals surface area (Å²) in [6.45, 7) is 4.53. The first-order chi connectivity index (χ1) is 9.13. The van der Waals surface area contributed by atoms with Crippen molar-refractivity contribution in [3.63, 3.8) is 0 Å². The Kier molecular flexibility index (Phi) is 4.99. The van der Waals surface area contributed by atoms with E-state index < -0.39 is 0 Å². The van der Waals surface area contributed by atoms with Crippen LogP contribution in [-0.2, 0) is 10.1 Å². The van der Waals surface area contributed by atoms with Gasteiger partial charge in [-0.1, -0.05) is 35.0 Å². The number of benzene rings is 1. The van der Waals surface area contributed by atoms with Gasteiger partial charge >= 0.3 is 0 Å². The van der Waals surface area contributed by atoms with E-state index in [0.29, 0.717) is 0 Å². The SMILES string of the molecule is CC1(CNC(=O)c2ccc(CBr)cc2)CCOCC1. The summed E-state index contributed by atoms with van der Waals surface area (Å²) in [4.78, 5) is 12.1. The maximum atomic E-state index is 12.1. The van der Waals surface area contributed by atoms with Crippen molar-refractivity contribution in [1.82, 2.24) is 5.32 Å². The van der Waals surface area contributed by atoms with E-state index >= 15 is 0 Å². The third-order valence-electron chi connectivity index (χ3n) is 3.75. The van der Waals surface area contributed by atoms with E-state index in [2.05, 4.69) is 28.2 Å². The molecular formula is C15H20BrNO2. The number of hydrogen-bond donors (Lipinski definition) is 1. The molecule has 4 heteroatoms. The minimum absolute atomic E-state index is 0.00818. The second-order valence-electron chi connectivity index (χ2n) is 5.44. The Labute approximate surface area is 122 Å². The fourth-order valence-electron chi connectivity index (χ4n) is 2.18. The molecule has 19 heavy (non-hydrogen) atoms. The zero-order chi connectivity index (χ0) is 13.7. The van der Waals surface area contributed by atoms with Crippen LogP contribution >= 0.6 is 15.9 Å². The van der Waals surface area contributed by atoms with Crippen LogP contribution in [0, 0.1) is 5.41 Å². The Morgan fingerprint density at radius 3 is 2.53 bits per heavy atom. The number of rotatable bonds is 4. The molecule has 1 saturated heterocycles. The summed E-state index contributed by atoms with van der Waals surface area (Å²) < 4.78 is 5.36. The predicted molar refractivity (Wildman–Crippen MR) is 79.6 cm³/mol. The third kappa shape index (κ3) is 4.05. The molecule has 104 valence electrons. The first-order valence-electron chi connectivity index (χ1n) is 6.64. The van der Waals surface area contributed by atoms with Gasteiger partial charge in [0, 0.05) is 30.7 Å². The molecule has 0 aromatic heterocycles. The van der Waals surface area contributed by atoms with Crippen molar-refractivity contribution in [3.05, 3.63) is 35.4 Å². The van der Waals surface area contributed by atoms with Gasteiger partial charge in [0.25, 0.3) is 5.91 Å². The molecule has 0 radical (unpaired) electrons. The van der Waals surface area contributed by atoms with Gasteiger partial charge in [-0.2, -0.15) is 0 Å². The molecule has 1 amide bonds. The van der Waals surface area contributed by atoms with Crippen LogP contribution in [0.1, 0.15) is 35.7 Å².